The van der Waals surface area contributed by atoms with Gasteiger partial charge in [-0.05, 0) is 26.8 Å². The Kier molecular flexibility index (Phi) is 2.88. The maximum absolute atomic E-state index is 12.5. The van der Waals surface area contributed by atoms with Gasteiger partial charge in [0.15, 0.2) is 0 Å². The first-order valence-corrected chi connectivity index (χ1v) is 5.90. The molecule has 0 bridgehead atoms. The summed E-state index contributed by atoms with van der Waals surface area (Å²) < 4.78 is 1.56. The van der Waals surface area contributed by atoms with E-state index in [9.17, 15) is 9.59 Å². The number of aromatic nitrogens is 2. The smallest absolute Gasteiger partial charge is 0.273 e. The Morgan fingerprint density at radius 3 is 2.72 bits per heavy atom. The molecule has 0 aromatic carbocycles. The molecule has 6 nitrogen and oxygen atoms in total. The van der Waals surface area contributed by atoms with Crippen LogP contribution >= 0.6 is 0 Å². The van der Waals surface area contributed by atoms with Gasteiger partial charge in [-0.3, -0.25) is 14.3 Å². The van der Waals surface area contributed by atoms with Gasteiger partial charge in [0.1, 0.15) is 12.2 Å². The highest BCUT2D eigenvalue weighted by Gasteiger charge is 2.37. The van der Waals surface area contributed by atoms with Crippen molar-refractivity contribution in [3.8, 4) is 0 Å². The molecule has 0 spiro atoms. The molecule has 0 radical (unpaired) electrons. The predicted molar refractivity (Wildman–Crippen MR) is 66.1 cm³/mol. The minimum atomic E-state index is -0.386. The molecule has 0 saturated carbocycles. The summed E-state index contributed by atoms with van der Waals surface area (Å²) in [7, 11) is 1.73. The molecule has 1 saturated heterocycles. The number of carbonyl (C=O) groups is 2. The SMILES string of the molecule is Cc1cc(C(=O)N2CC(=O)NCC2(C)C)n(C)n1. The molecule has 2 heterocycles. The number of carbonyl (C=O) groups excluding carboxylic acids is 2. The summed E-state index contributed by atoms with van der Waals surface area (Å²) in [6, 6.07) is 1.74. The molecule has 1 aliphatic heterocycles. The molecule has 0 atom stereocenters. The Hall–Kier alpha value is -1.85. The second-order valence-electron chi connectivity index (χ2n) is 5.28. The molecule has 2 rings (SSSR count). The van der Waals surface area contributed by atoms with Crippen LogP contribution in [-0.2, 0) is 11.8 Å². The molecule has 0 aliphatic carbocycles. The Bertz CT molecular complexity index is 504. The lowest BCUT2D eigenvalue weighted by Crippen LogP contribution is -2.62. The highest BCUT2D eigenvalue weighted by Crippen LogP contribution is 2.20. The average Bonchev–Trinajstić information content (AvgIpc) is 2.60. The van der Waals surface area contributed by atoms with Crippen LogP contribution in [0.1, 0.15) is 30.0 Å². The van der Waals surface area contributed by atoms with Gasteiger partial charge in [-0.15, -0.1) is 0 Å². The summed E-state index contributed by atoms with van der Waals surface area (Å²) in [6.07, 6.45) is 0. The first-order chi connectivity index (χ1) is 8.31. The van der Waals surface area contributed by atoms with E-state index in [1.807, 2.05) is 20.8 Å². The number of piperazine rings is 1. The van der Waals surface area contributed by atoms with E-state index < -0.39 is 0 Å². The molecule has 98 valence electrons. The van der Waals surface area contributed by atoms with E-state index in [-0.39, 0.29) is 23.9 Å². The summed E-state index contributed by atoms with van der Waals surface area (Å²) in [6.45, 7) is 6.27. The topological polar surface area (TPSA) is 67.2 Å². The molecule has 1 N–H and O–H groups in total. The third-order valence-electron chi connectivity index (χ3n) is 3.22. The van der Waals surface area contributed by atoms with Crippen molar-refractivity contribution in [3.05, 3.63) is 17.5 Å². The van der Waals surface area contributed by atoms with Gasteiger partial charge < -0.3 is 10.2 Å². The molecule has 6 heteroatoms. The van der Waals surface area contributed by atoms with E-state index in [0.29, 0.717) is 12.2 Å². The standard InChI is InChI=1S/C12H18N4O2/c1-8-5-9(15(4)14-8)11(18)16-6-10(17)13-7-12(16,2)3/h5H,6-7H2,1-4H3,(H,13,17). The van der Waals surface area contributed by atoms with Gasteiger partial charge in [0, 0.05) is 13.6 Å². The normalized spacial score (nSPS) is 18.7. The highest BCUT2D eigenvalue weighted by molar-refractivity contribution is 5.96. The van der Waals surface area contributed by atoms with Gasteiger partial charge in [0.05, 0.1) is 11.2 Å². The fourth-order valence-electron chi connectivity index (χ4n) is 2.12. The number of nitrogens with zero attached hydrogens (tertiary/aromatic N) is 3. The number of rotatable bonds is 1. The molecule has 2 amide bonds. The Morgan fingerprint density at radius 2 is 2.17 bits per heavy atom. The van der Waals surface area contributed by atoms with Crippen molar-refractivity contribution in [1.29, 1.82) is 0 Å². The minimum Gasteiger partial charge on any atom is -0.352 e. The summed E-state index contributed by atoms with van der Waals surface area (Å²) in [4.78, 5) is 25.5. The van der Waals surface area contributed by atoms with Crippen molar-refractivity contribution in [1.82, 2.24) is 20.0 Å². The summed E-state index contributed by atoms with van der Waals surface area (Å²) in [5, 5.41) is 6.94. The zero-order valence-electron chi connectivity index (χ0n) is 11.1. The first kappa shape index (κ1) is 12.6. The van der Waals surface area contributed by atoms with E-state index in [0.717, 1.165) is 5.69 Å². The molecule has 0 unspecified atom stereocenters. The number of aryl methyl sites for hydroxylation is 2. The van der Waals surface area contributed by atoms with Crippen molar-refractivity contribution in [2.75, 3.05) is 13.1 Å². The van der Waals surface area contributed by atoms with Crippen LogP contribution in [0.2, 0.25) is 0 Å². The summed E-state index contributed by atoms with van der Waals surface area (Å²) >= 11 is 0. The van der Waals surface area contributed by atoms with Crippen molar-refractivity contribution >= 4 is 11.8 Å². The molecule has 1 aliphatic rings. The first-order valence-electron chi connectivity index (χ1n) is 5.90. The molecular formula is C12H18N4O2. The number of hydrogen-bond donors (Lipinski definition) is 1. The van der Waals surface area contributed by atoms with Crippen molar-refractivity contribution < 1.29 is 9.59 Å². The van der Waals surface area contributed by atoms with Crippen LogP contribution < -0.4 is 5.32 Å². The maximum atomic E-state index is 12.5. The molecule has 1 fully saturated rings. The van der Waals surface area contributed by atoms with Crippen molar-refractivity contribution in [2.45, 2.75) is 26.3 Å². The third-order valence-corrected chi connectivity index (χ3v) is 3.22. The Labute approximate surface area is 106 Å². The van der Waals surface area contributed by atoms with Crippen LogP contribution in [0.5, 0.6) is 0 Å². The van der Waals surface area contributed by atoms with Gasteiger partial charge >= 0.3 is 0 Å². The molecular weight excluding hydrogens is 232 g/mol. The van der Waals surface area contributed by atoms with E-state index in [4.69, 9.17) is 0 Å². The van der Waals surface area contributed by atoms with Gasteiger partial charge in [0.25, 0.3) is 5.91 Å². The van der Waals surface area contributed by atoms with Crippen LogP contribution in [0, 0.1) is 6.92 Å². The van der Waals surface area contributed by atoms with E-state index in [2.05, 4.69) is 10.4 Å². The molecule has 18 heavy (non-hydrogen) atoms. The molecule has 1 aromatic rings. The van der Waals surface area contributed by atoms with Crippen molar-refractivity contribution in [3.63, 3.8) is 0 Å². The van der Waals surface area contributed by atoms with Crippen LogP contribution in [-0.4, -0.2) is 45.1 Å². The molecule has 1 aromatic heterocycles. The van der Waals surface area contributed by atoms with E-state index in [1.165, 1.54) is 0 Å². The van der Waals surface area contributed by atoms with Gasteiger partial charge in [-0.25, -0.2) is 0 Å². The number of amides is 2. The van der Waals surface area contributed by atoms with Crippen LogP contribution in [0.4, 0.5) is 0 Å². The lowest BCUT2D eigenvalue weighted by Gasteiger charge is -2.41. The fourth-order valence-corrected chi connectivity index (χ4v) is 2.12. The zero-order chi connectivity index (χ0) is 13.5. The average molecular weight is 250 g/mol. The lowest BCUT2D eigenvalue weighted by molar-refractivity contribution is -0.126. The number of hydrogen-bond acceptors (Lipinski definition) is 3. The van der Waals surface area contributed by atoms with Crippen LogP contribution in [0.25, 0.3) is 0 Å². The third kappa shape index (κ3) is 2.10. The quantitative estimate of drug-likeness (QED) is 0.767. The minimum absolute atomic E-state index is 0.0933. The lowest BCUT2D eigenvalue weighted by atomic mass is 9.99. The monoisotopic (exact) mass is 250 g/mol. The zero-order valence-corrected chi connectivity index (χ0v) is 11.1. The fraction of sp³-hybridized carbons (Fsp3) is 0.583. The van der Waals surface area contributed by atoms with Crippen LogP contribution in [0.15, 0.2) is 6.07 Å². The van der Waals surface area contributed by atoms with Crippen molar-refractivity contribution in [2.24, 2.45) is 7.05 Å². The Balaban J connectivity index is 2.32. The van der Waals surface area contributed by atoms with E-state index >= 15 is 0 Å². The maximum Gasteiger partial charge on any atom is 0.273 e. The largest absolute Gasteiger partial charge is 0.352 e. The number of nitrogens with one attached hydrogen (secondary N) is 1. The predicted octanol–water partition coefficient (Wildman–Crippen LogP) is 0.0791. The highest BCUT2D eigenvalue weighted by atomic mass is 16.2. The second-order valence-corrected chi connectivity index (χ2v) is 5.28. The Morgan fingerprint density at radius 1 is 1.50 bits per heavy atom. The second kappa shape index (κ2) is 4.12. The summed E-state index contributed by atoms with van der Waals surface area (Å²) in [5.74, 6) is -0.278. The van der Waals surface area contributed by atoms with Gasteiger partial charge in [0.2, 0.25) is 5.91 Å². The van der Waals surface area contributed by atoms with Crippen LogP contribution in [0.3, 0.4) is 0 Å². The summed E-state index contributed by atoms with van der Waals surface area (Å²) in [5.41, 5.74) is 0.916. The van der Waals surface area contributed by atoms with E-state index in [1.54, 1.807) is 22.7 Å². The van der Waals surface area contributed by atoms with Gasteiger partial charge in [-0.2, -0.15) is 5.10 Å². The van der Waals surface area contributed by atoms with Gasteiger partial charge in [-0.1, -0.05) is 0 Å².